The highest BCUT2D eigenvalue weighted by atomic mass is 16.2. The molecule has 0 saturated carbocycles. The number of para-hydroxylation sites is 2. The molecule has 0 saturated heterocycles. The first-order valence-corrected chi connectivity index (χ1v) is 8.42. The number of nitrogens with one attached hydrogen (secondary N) is 4. The summed E-state index contributed by atoms with van der Waals surface area (Å²) < 4.78 is 0. The van der Waals surface area contributed by atoms with Gasteiger partial charge in [-0.15, -0.1) is 0 Å². The van der Waals surface area contributed by atoms with E-state index in [4.69, 9.17) is 0 Å². The number of rotatable bonds is 6. The van der Waals surface area contributed by atoms with E-state index in [9.17, 15) is 9.59 Å². The lowest BCUT2D eigenvalue weighted by atomic mass is 10.2. The Kier molecular flexibility index (Phi) is 5.48. The quantitative estimate of drug-likeness (QED) is 0.549. The van der Waals surface area contributed by atoms with Crippen LogP contribution in [0.15, 0.2) is 48.5 Å². The maximum atomic E-state index is 11.9. The third-order valence-electron chi connectivity index (χ3n) is 3.79. The fourth-order valence-electron chi connectivity index (χ4n) is 2.63. The van der Waals surface area contributed by atoms with Crippen LogP contribution >= 0.6 is 0 Å². The molecule has 7 nitrogen and oxygen atoms in total. The molecule has 0 fully saturated rings. The number of carbonyl (C=O) groups excluding carboxylic acids is 2. The number of H-pyrrole nitrogens is 1. The molecule has 0 aliphatic heterocycles. The van der Waals surface area contributed by atoms with Crippen molar-refractivity contribution in [1.82, 2.24) is 20.6 Å². The monoisotopic (exact) mass is 351 g/mol. The van der Waals surface area contributed by atoms with E-state index in [0.717, 1.165) is 22.4 Å². The van der Waals surface area contributed by atoms with E-state index in [1.807, 2.05) is 42.5 Å². The van der Waals surface area contributed by atoms with Gasteiger partial charge in [0.15, 0.2) is 0 Å². The lowest BCUT2D eigenvalue weighted by Crippen LogP contribution is -2.36. The van der Waals surface area contributed by atoms with Gasteiger partial charge in [-0.25, -0.2) is 9.78 Å². The molecular formula is C19H21N5O2. The summed E-state index contributed by atoms with van der Waals surface area (Å²) in [5.41, 5.74) is 3.53. The van der Waals surface area contributed by atoms with Crippen molar-refractivity contribution < 1.29 is 9.59 Å². The third-order valence-corrected chi connectivity index (χ3v) is 3.79. The highest BCUT2D eigenvalue weighted by molar-refractivity contribution is 5.88. The van der Waals surface area contributed by atoms with Crippen LogP contribution in [-0.2, 0) is 17.8 Å². The molecule has 1 aromatic heterocycles. The Morgan fingerprint density at radius 3 is 2.73 bits per heavy atom. The van der Waals surface area contributed by atoms with E-state index < -0.39 is 0 Å². The summed E-state index contributed by atoms with van der Waals surface area (Å²) >= 11 is 0. The van der Waals surface area contributed by atoms with Gasteiger partial charge in [0.25, 0.3) is 0 Å². The Morgan fingerprint density at radius 1 is 1.08 bits per heavy atom. The number of imidazole rings is 1. The number of benzene rings is 2. The minimum atomic E-state index is -0.244. The van der Waals surface area contributed by atoms with Crippen molar-refractivity contribution >= 4 is 28.7 Å². The zero-order valence-electron chi connectivity index (χ0n) is 14.5. The number of carbonyl (C=O) groups is 2. The van der Waals surface area contributed by atoms with E-state index in [1.165, 1.54) is 6.92 Å². The molecule has 3 aromatic rings. The minimum Gasteiger partial charge on any atom is -0.342 e. The van der Waals surface area contributed by atoms with Gasteiger partial charge in [0.1, 0.15) is 5.82 Å². The number of hydrogen-bond acceptors (Lipinski definition) is 3. The van der Waals surface area contributed by atoms with Crippen LogP contribution in [0.25, 0.3) is 11.0 Å². The van der Waals surface area contributed by atoms with E-state index in [1.54, 1.807) is 6.07 Å². The fourth-order valence-corrected chi connectivity index (χ4v) is 2.63. The smallest absolute Gasteiger partial charge is 0.315 e. The summed E-state index contributed by atoms with van der Waals surface area (Å²) in [7, 11) is 0. The normalized spacial score (nSPS) is 10.5. The molecule has 134 valence electrons. The summed E-state index contributed by atoms with van der Waals surface area (Å²) in [6, 6.07) is 14.9. The van der Waals surface area contributed by atoms with E-state index in [0.29, 0.717) is 25.2 Å². The lowest BCUT2D eigenvalue weighted by Gasteiger charge is -2.08. The van der Waals surface area contributed by atoms with Gasteiger partial charge in [0.2, 0.25) is 5.91 Å². The van der Waals surface area contributed by atoms with Gasteiger partial charge in [0, 0.05) is 32.1 Å². The molecule has 3 amide bonds. The summed E-state index contributed by atoms with van der Waals surface area (Å²) in [6.45, 7) is 2.32. The largest absolute Gasteiger partial charge is 0.342 e. The van der Waals surface area contributed by atoms with Crippen LogP contribution in [0.1, 0.15) is 18.3 Å². The highest BCUT2D eigenvalue weighted by Crippen LogP contribution is 2.11. The van der Waals surface area contributed by atoms with Crippen molar-refractivity contribution in [3.05, 3.63) is 59.9 Å². The topological polar surface area (TPSA) is 98.9 Å². The van der Waals surface area contributed by atoms with E-state index >= 15 is 0 Å². The zero-order chi connectivity index (χ0) is 18.4. The van der Waals surface area contributed by atoms with Gasteiger partial charge in [0.05, 0.1) is 11.0 Å². The van der Waals surface area contributed by atoms with E-state index in [-0.39, 0.29) is 11.9 Å². The summed E-state index contributed by atoms with van der Waals surface area (Å²) in [5.74, 6) is 0.716. The van der Waals surface area contributed by atoms with Crippen LogP contribution < -0.4 is 16.0 Å². The first-order valence-electron chi connectivity index (χ1n) is 8.42. The zero-order valence-corrected chi connectivity index (χ0v) is 14.5. The second kappa shape index (κ2) is 8.15. The maximum Gasteiger partial charge on any atom is 0.315 e. The Labute approximate surface area is 151 Å². The van der Waals surface area contributed by atoms with Crippen molar-refractivity contribution in [2.75, 3.05) is 11.9 Å². The molecule has 0 aliphatic rings. The number of hydrogen-bond donors (Lipinski definition) is 4. The molecule has 0 spiro atoms. The van der Waals surface area contributed by atoms with Gasteiger partial charge in [-0.1, -0.05) is 24.3 Å². The second-order valence-electron chi connectivity index (χ2n) is 5.94. The molecule has 0 aliphatic carbocycles. The molecule has 0 radical (unpaired) electrons. The van der Waals surface area contributed by atoms with Gasteiger partial charge in [-0.3, -0.25) is 4.79 Å². The SMILES string of the molecule is CC(=O)Nc1cccc(CNC(=O)NCCc2nc3ccccc3[nH]2)c1. The van der Waals surface area contributed by atoms with Gasteiger partial charge in [-0.2, -0.15) is 0 Å². The molecule has 3 rings (SSSR count). The third kappa shape index (κ3) is 4.83. The average molecular weight is 351 g/mol. The van der Waals surface area contributed by atoms with Crippen molar-refractivity contribution in [2.45, 2.75) is 19.9 Å². The number of nitrogens with zero attached hydrogens (tertiary/aromatic N) is 1. The summed E-state index contributed by atoms with van der Waals surface area (Å²) in [4.78, 5) is 30.7. The summed E-state index contributed by atoms with van der Waals surface area (Å²) in [5, 5.41) is 8.33. The second-order valence-corrected chi connectivity index (χ2v) is 5.94. The van der Waals surface area contributed by atoms with Gasteiger partial charge >= 0.3 is 6.03 Å². The maximum absolute atomic E-state index is 11.9. The molecule has 26 heavy (non-hydrogen) atoms. The number of aromatic nitrogens is 2. The van der Waals surface area contributed by atoms with Gasteiger partial charge in [-0.05, 0) is 29.8 Å². The Bertz CT molecular complexity index is 886. The van der Waals surface area contributed by atoms with Crippen LogP contribution in [0.2, 0.25) is 0 Å². The van der Waals surface area contributed by atoms with Crippen LogP contribution in [-0.4, -0.2) is 28.5 Å². The lowest BCUT2D eigenvalue weighted by molar-refractivity contribution is -0.114. The number of urea groups is 1. The number of amides is 3. The van der Waals surface area contributed by atoms with E-state index in [2.05, 4.69) is 25.9 Å². The first-order chi connectivity index (χ1) is 12.6. The predicted octanol–water partition coefficient (Wildman–Crippen LogP) is 2.56. The number of aromatic amines is 1. The van der Waals surface area contributed by atoms with Crippen LogP contribution in [0.3, 0.4) is 0 Å². The average Bonchev–Trinajstić information content (AvgIpc) is 3.02. The van der Waals surface area contributed by atoms with Crippen LogP contribution in [0.5, 0.6) is 0 Å². The molecule has 2 aromatic carbocycles. The minimum absolute atomic E-state index is 0.126. The molecular weight excluding hydrogens is 330 g/mol. The molecule has 0 atom stereocenters. The Balaban J connectivity index is 1.43. The summed E-state index contributed by atoms with van der Waals surface area (Å²) in [6.07, 6.45) is 0.625. The molecule has 0 bridgehead atoms. The molecule has 4 N–H and O–H groups in total. The van der Waals surface area contributed by atoms with Crippen molar-refractivity contribution in [1.29, 1.82) is 0 Å². The predicted molar refractivity (Wildman–Crippen MR) is 101 cm³/mol. The first kappa shape index (κ1) is 17.5. The molecule has 1 heterocycles. The van der Waals surface area contributed by atoms with Crippen LogP contribution in [0.4, 0.5) is 10.5 Å². The van der Waals surface area contributed by atoms with Gasteiger partial charge < -0.3 is 20.9 Å². The molecule has 7 heteroatoms. The van der Waals surface area contributed by atoms with Crippen molar-refractivity contribution in [3.8, 4) is 0 Å². The van der Waals surface area contributed by atoms with Crippen molar-refractivity contribution in [2.24, 2.45) is 0 Å². The van der Waals surface area contributed by atoms with Crippen molar-refractivity contribution in [3.63, 3.8) is 0 Å². The number of anilines is 1. The molecule has 0 unspecified atom stereocenters. The Morgan fingerprint density at radius 2 is 1.92 bits per heavy atom. The van der Waals surface area contributed by atoms with Crippen LogP contribution in [0, 0.1) is 0 Å². The number of fused-ring (bicyclic) bond motifs is 1. The fraction of sp³-hybridized carbons (Fsp3) is 0.211. The highest BCUT2D eigenvalue weighted by Gasteiger charge is 2.04. The standard InChI is InChI=1S/C19H21N5O2/c1-13(25)22-15-6-4-5-14(11-15)12-21-19(26)20-10-9-18-23-16-7-2-3-8-17(16)24-18/h2-8,11H,9-10,12H2,1H3,(H,22,25)(H,23,24)(H2,20,21,26). The Hall–Kier alpha value is -3.35.